The third kappa shape index (κ3) is 1.91. The topological polar surface area (TPSA) is 30.2 Å². The second-order valence-corrected chi connectivity index (χ2v) is 3.76. The van der Waals surface area contributed by atoms with Crippen molar-refractivity contribution in [3.05, 3.63) is 47.7 Å². The number of furan rings is 1. The summed E-state index contributed by atoms with van der Waals surface area (Å²) in [5.74, 6) is 1.25. The van der Waals surface area contributed by atoms with Crippen molar-refractivity contribution in [2.75, 3.05) is 0 Å². The van der Waals surface area contributed by atoms with Crippen LogP contribution in [0.3, 0.4) is 0 Å². The molecule has 1 aromatic carbocycles. The van der Waals surface area contributed by atoms with E-state index in [-0.39, 0.29) is 5.78 Å². The lowest BCUT2D eigenvalue weighted by Gasteiger charge is -2.00. The van der Waals surface area contributed by atoms with Crippen molar-refractivity contribution in [3.8, 4) is 11.3 Å². The zero-order chi connectivity index (χ0) is 11.5. The van der Waals surface area contributed by atoms with Crippen LogP contribution in [0.5, 0.6) is 0 Å². The first-order chi connectivity index (χ1) is 7.72. The average Bonchev–Trinajstić information content (AvgIpc) is 2.78. The molecule has 16 heavy (non-hydrogen) atoms. The fourth-order valence-electron chi connectivity index (χ4n) is 1.66. The van der Waals surface area contributed by atoms with Gasteiger partial charge in [-0.15, -0.1) is 0 Å². The first-order valence-corrected chi connectivity index (χ1v) is 5.41. The minimum atomic E-state index is 0.0415. The van der Waals surface area contributed by atoms with Crippen molar-refractivity contribution in [1.82, 2.24) is 0 Å². The molecule has 0 bridgehead atoms. The number of Topliss-reactive ketones (excluding diaryl/α,β-unsaturated/α-hetero) is 1. The Bertz CT molecular complexity index is 509. The molecule has 0 amide bonds. The van der Waals surface area contributed by atoms with Crippen LogP contribution >= 0.6 is 0 Å². The summed E-state index contributed by atoms with van der Waals surface area (Å²) in [6, 6.07) is 11.6. The lowest BCUT2D eigenvalue weighted by Crippen LogP contribution is -1.92. The Hall–Kier alpha value is -1.83. The number of hydrogen-bond acceptors (Lipinski definition) is 2. The number of rotatable bonds is 3. The van der Waals surface area contributed by atoms with Gasteiger partial charge >= 0.3 is 0 Å². The molecule has 2 heteroatoms. The highest BCUT2D eigenvalue weighted by molar-refractivity contribution is 5.93. The predicted molar refractivity (Wildman–Crippen MR) is 63.5 cm³/mol. The largest absolute Gasteiger partial charge is 0.453 e. The SMILES string of the molecule is CCC(=O)c1ccc(-c2ccccc2C)o1. The summed E-state index contributed by atoms with van der Waals surface area (Å²) in [4.78, 5) is 11.4. The van der Waals surface area contributed by atoms with Crippen molar-refractivity contribution >= 4 is 5.78 Å². The highest BCUT2D eigenvalue weighted by Gasteiger charge is 2.11. The standard InChI is InChI=1S/C14H14O2/c1-3-12(15)14-9-8-13(16-14)11-7-5-4-6-10(11)2/h4-9H,3H2,1-2H3. The zero-order valence-corrected chi connectivity index (χ0v) is 9.49. The summed E-state index contributed by atoms with van der Waals surface area (Å²) in [6.45, 7) is 3.86. The molecule has 0 atom stereocenters. The van der Waals surface area contributed by atoms with E-state index in [1.165, 1.54) is 0 Å². The van der Waals surface area contributed by atoms with Crippen LogP contribution in [0.25, 0.3) is 11.3 Å². The molecule has 2 nitrogen and oxygen atoms in total. The maximum Gasteiger partial charge on any atom is 0.197 e. The van der Waals surface area contributed by atoms with Gasteiger partial charge in [-0.2, -0.15) is 0 Å². The monoisotopic (exact) mass is 214 g/mol. The normalized spacial score (nSPS) is 10.4. The van der Waals surface area contributed by atoms with Crippen molar-refractivity contribution in [3.63, 3.8) is 0 Å². The van der Waals surface area contributed by atoms with Gasteiger partial charge in [0, 0.05) is 12.0 Å². The van der Waals surface area contributed by atoms with E-state index in [4.69, 9.17) is 4.42 Å². The fraction of sp³-hybridized carbons (Fsp3) is 0.214. The van der Waals surface area contributed by atoms with E-state index in [2.05, 4.69) is 0 Å². The molecule has 2 aromatic rings. The van der Waals surface area contributed by atoms with Gasteiger partial charge in [0.25, 0.3) is 0 Å². The smallest absolute Gasteiger partial charge is 0.197 e. The van der Waals surface area contributed by atoms with Gasteiger partial charge < -0.3 is 4.42 Å². The lowest BCUT2D eigenvalue weighted by molar-refractivity contribution is 0.0962. The summed E-state index contributed by atoms with van der Waals surface area (Å²) in [5.41, 5.74) is 2.19. The molecule has 0 spiro atoms. The third-order valence-corrected chi connectivity index (χ3v) is 2.61. The Labute approximate surface area is 94.9 Å². The Balaban J connectivity index is 2.39. The van der Waals surface area contributed by atoms with Gasteiger partial charge in [0.1, 0.15) is 5.76 Å². The second-order valence-electron chi connectivity index (χ2n) is 3.76. The van der Waals surface area contributed by atoms with Crippen LogP contribution in [0, 0.1) is 6.92 Å². The minimum Gasteiger partial charge on any atom is -0.453 e. The summed E-state index contributed by atoms with van der Waals surface area (Å²) >= 11 is 0. The summed E-state index contributed by atoms with van der Waals surface area (Å²) in [6.07, 6.45) is 0.473. The van der Waals surface area contributed by atoms with Crippen LogP contribution in [0.4, 0.5) is 0 Å². The van der Waals surface area contributed by atoms with Gasteiger partial charge in [-0.25, -0.2) is 0 Å². The third-order valence-electron chi connectivity index (χ3n) is 2.61. The highest BCUT2D eigenvalue weighted by atomic mass is 16.3. The lowest BCUT2D eigenvalue weighted by atomic mass is 10.1. The van der Waals surface area contributed by atoms with E-state index in [1.54, 1.807) is 6.07 Å². The minimum absolute atomic E-state index is 0.0415. The van der Waals surface area contributed by atoms with Gasteiger partial charge in [-0.05, 0) is 24.6 Å². The highest BCUT2D eigenvalue weighted by Crippen LogP contribution is 2.25. The van der Waals surface area contributed by atoms with Gasteiger partial charge in [0.05, 0.1) is 0 Å². The first kappa shape index (κ1) is 10.7. The van der Waals surface area contributed by atoms with E-state index < -0.39 is 0 Å². The molecule has 0 aliphatic rings. The molecule has 0 aliphatic heterocycles. The molecule has 0 aliphatic carbocycles. The van der Waals surface area contributed by atoms with E-state index >= 15 is 0 Å². The molecule has 0 fully saturated rings. The number of carbonyl (C=O) groups excluding carboxylic acids is 1. The van der Waals surface area contributed by atoms with E-state index in [9.17, 15) is 4.79 Å². The molecule has 0 radical (unpaired) electrons. The van der Waals surface area contributed by atoms with Crippen LogP contribution < -0.4 is 0 Å². The van der Waals surface area contributed by atoms with Gasteiger partial charge in [0.2, 0.25) is 0 Å². The van der Waals surface area contributed by atoms with Gasteiger partial charge in [0.15, 0.2) is 11.5 Å². The summed E-state index contributed by atoms with van der Waals surface area (Å²) in [5, 5.41) is 0. The van der Waals surface area contributed by atoms with Crippen LogP contribution in [0.2, 0.25) is 0 Å². The van der Waals surface area contributed by atoms with E-state index in [0.29, 0.717) is 12.2 Å². The predicted octanol–water partition coefficient (Wildman–Crippen LogP) is 3.85. The zero-order valence-electron chi connectivity index (χ0n) is 9.49. The van der Waals surface area contributed by atoms with Crippen molar-refractivity contribution < 1.29 is 9.21 Å². The molecule has 82 valence electrons. The van der Waals surface area contributed by atoms with E-state index in [0.717, 1.165) is 16.9 Å². The maximum atomic E-state index is 11.4. The van der Waals surface area contributed by atoms with Gasteiger partial charge in [-0.3, -0.25) is 4.79 Å². The molecule has 0 saturated carbocycles. The van der Waals surface area contributed by atoms with Crippen LogP contribution in [0.15, 0.2) is 40.8 Å². The molecule has 0 saturated heterocycles. The van der Waals surface area contributed by atoms with Crippen LogP contribution in [-0.4, -0.2) is 5.78 Å². The van der Waals surface area contributed by atoms with Crippen molar-refractivity contribution in [2.45, 2.75) is 20.3 Å². The molecule has 1 aromatic heterocycles. The number of hydrogen-bond donors (Lipinski definition) is 0. The summed E-state index contributed by atoms with van der Waals surface area (Å²) in [7, 11) is 0. The average molecular weight is 214 g/mol. The Kier molecular flexibility index (Phi) is 2.91. The second kappa shape index (κ2) is 4.35. The molecular formula is C14H14O2. The number of benzene rings is 1. The first-order valence-electron chi connectivity index (χ1n) is 5.41. The number of aryl methyl sites for hydroxylation is 1. The number of ketones is 1. The molecule has 0 N–H and O–H groups in total. The molecule has 1 heterocycles. The Morgan fingerprint density at radius 2 is 1.94 bits per heavy atom. The molecule has 0 unspecified atom stereocenters. The fourth-order valence-corrected chi connectivity index (χ4v) is 1.66. The molecular weight excluding hydrogens is 200 g/mol. The molecule has 2 rings (SSSR count). The van der Waals surface area contributed by atoms with Crippen molar-refractivity contribution in [1.29, 1.82) is 0 Å². The van der Waals surface area contributed by atoms with Crippen molar-refractivity contribution in [2.24, 2.45) is 0 Å². The quantitative estimate of drug-likeness (QED) is 0.726. The Morgan fingerprint density at radius 3 is 2.62 bits per heavy atom. The van der Waals surface area contributed by atoms with Crippen LogP contribution in [0.1, 0.15) is 29.5 Å². The van der Waals surface area contributed by atoms with Gasteiger partial charge in [-0.1, -0.05) is 31.2 Å². The maximum absolute atomic E-state index is 11.4. The Morgan fingerprint density at radius 1 is 1.19 bits per heavy atom. The number of carbonyl (C=O) groups is 1. The van der Waals surface area contributed by atoms with Crippen LogP contribution in [-0.2, 0) is 0 Å². The summed E-state index contributed by atoms with van der Waals surface area (Å²) < 4.78 is 5.55. The van der Waals surface area contributed by atoms with E-state index in [1.807, 2.05) is 44.2 Å².